The molecule has 1 saturated heterocycles. The lowest BCUT2D eigenvalue weighted by molar-refractivity contribution is -0.181. The van der Waals surface area contributed by atoms with Gasteiger partial charge in [0.25, 0.3) is 0 Å². The van der Waals surface area contributed by atoms with Gasteiger partial charge in [0.1, 0.15) is 6.04 Å². The van der Waals surface area contributed by atoms with Crippen LogP contribution in [0.3, 0.4) is 0 Å². The number of aliphatic imine (C=N–C) groups is 1. The lowest BCUT2D eigenvalue weighted by atomic mass is 10.2. The highest BCUT2D eigenvalue weighted by atomic mass is 19.4. The Kier molecular flexibility index (Phi) is 6.85. The van der Waals surface area contributed by atoms with Crippen molar-refractivity contribution in [2.75, 3.05) is 32.7 Å². The maximum absolute atomic E-state index is 12.9. The zero-order valence-electron chi connectivity index (χ0n) is 16.8. The van der Waals surface area contributed by atoms with Crippen LogP contribution in [0.25, 0.3) is 0 Å². The molecule has 0 spiro atoms. The van der Waals surface area contributed by atoms with Gasteiger partial charge < -0.3 is 10.2 Å². The minimum atomic E-state index is -4.18. The van der Waals surface area contributed by atoms with E-state index >= 15 is 0 Å². The summed E-state index contributed by atoms with van der Waals surface area (Å²) >= 11 is 0. The van der Waals surface area contributed by atoms with Gasteiger partial charge in [-0.15, -0.1) is 0 Å². The van der Waals surface area contributed by atoms with E-state index in [1.54, 1.807) is 0 Å². The fraction of sp³-hybridized carbons (Fsp3) is 0.789. The molecule has 28 heavy (non-hydrogen) atoms. The van der Waals surface area contributed by atoms with Gasteiger partial charge in [-0.05, 0) is 32.8 Å². The van der Waals surface area contributed by atoms with Crippen LogP contribution in [0.4, 0.5) is 13.2 Å². The SMILES string of the molecule is CCNC(=NCc1ccn(C2CCCC2)n1)N1CCN(C(C)C(F)(F)F)CC1. The van der Waals surface area contributed by atoms with Crippen molar-refractivity contribution in [1.82, 2.24) is 24.9 Å². The Hall–Kier alpha value is -1.77. The Morgan fingerprint density at radius 3 is 2.54 bits per heavy atom. The lowest BCUT2D eigenvalue weighted by Crippen LogP contribution is -2.56. The smallest absolute Gasteiger partial charge is 0.357 e. The van der Waals surface area contributed by atoms with Gasteiger partial charge in [0.05, 0.1) is 18.3 Å². The number of aromatic nitrogens is 2. The second-order valence-corrected chi connectivity index (χ2v) is 7.64. The highest BCUT2D eigenvalue weighted by molar-refractivity contribution is 5.80. The Labute approximate surface area is 164 Å². The Bertz CT molecular complexity index is 642. The summed E-state index contributed by atoms with van der Waals surface area (Å²) in [6.45, 7) is 6.23. The first-order valence-corrected chi connectivity index (χ1v) is 10.3. The minimum absolute atomic E-state index is 0.376. The summed E-state index contributed by atoms with van der Waals surface area (Å²) in [4.78, 5) is 8.21. The van der Waals surface area contributed by atoms with Gasteiger partial charge in [-0.1, -0.05) is 12.8 Å². The standard InChI is InChI=1S/C19H31F3N6/c1-3-23-18(27-12-10-26(11-13-27)15(2)19(20,21)22)24-14-16-8-9-28(25-16)17-6-4-5-7-17/h8-9,15,17H,3-7,10-14H2,1-2H3,(H,23,24). The van der Waals surface area contributed by atoms with Gasteiger partial charge >= 0.3 is 6.18 Å². The van der Waals surface area contributed by atoms with Crippen LogP contribution in [0.5, 0.6) is 0 Å². The predicted molar refractivity (Wildman–Crippen MR) is 103 cm³/mol. The van der Waals surface area contributed by atoms with E-state index in [0.29, 0.717) is 45.3 Å². The van der Waals surface area contributed by atoms with Crippen LogP contribution in [-0.2, 0) is 6.54 Å². The summed E-state index contributed by atoms with van der Waals surface area (Å²) in [5, 5.41) is 7.92. The summed E-state index contributed by atoms with van der Waals surface area (Å²) in [5.74, 6) is 0.747. The Balaban J connectivity index is 1.57. The van der Waals surface area contributed by atoms with Gasteiger partial charge in [0.15, 0.2) is 5.96 Å². The second-order valence-electron chi connectivity index (χ2n) is 7.64. The summed E-state index contributed by atoms with van der Waals surface area (Å²) in [6.07, 6.45) is 2.76. The molecular weight excluding hydrogens is 369 g/mol. The van der Waals surface area contributed by atoms with Crippen molar-refractivity contribution in [3.05, 3.63) is 18.0 Å². The second kappa shape index (κ2) is 9.15. The molecule has 2 aliphatic rings. The largest absolute Gasteiger partial charge is 0.403 e. The van der Waals surface area contributed by atoms with E-state index in [0.717, 1.165) is 11.7 Å². The third-order valence-corrected chi connectivity index (χ3v) is 5.72. The molecule has 1 N–H and O–H groups in total. The highest BCUT2D eigenvalue weighted by Crippen LogP contribution is 2.28. The fourth-order valence-electron chi connectivity index (χ4n) is 3.94. The topological polar surface area (TPSA) is 48.7 Å². The quantitative estimate of drug-likeness (QED) is 0.610. The zero-order valence-corrected chi connectivity index (χ0v) is 16.8. The molecule has 1 saturated carbocycles. The summed E-state index contributed by atoms with van der Waals surface area (Å²) in [7, 11) is 0. The normalized spacial score (nSPS) is 21.3. The van der Waals surface area contributed by atoms with Crippen LogP contribution in [0.15, 0.2) is 17.3 Å². The average Bonchev–Trinajstić information content (AvgIpc) is 3.35. The molecule has 1 aromatic rings. The van der Waals surface area contributed by atoms with E-state index in [9.17, 15) is 13.2 Å². The molecule has 6 nitrogen and oxygen atoms in total. The Morgan fingerprint density at radius 1 is 1.25 bits per heavy atom. The first-order valence-electron chi connectivity index (χ1n) is 10.3. The number of guanidine groups is 1. The molecule has 0 bridgehead atoms. The number of alkyl halides is 3. The summed E-state index contributed by atoms with van der Waals surface area (Å²) in [6, 6.07) is 1.11. The molecule has 0 amide bonds. The van der Waals surface area contributed by atoms with Crippen molar-refractivity contribution in [1.29, 1.82) is 0 Å². The number of rotatable bonds is 5. The maximum atomic E-state index is 12.9. The fourth-order valence-corrected chi connectivity index (χ4v) is 3.94. The van der Waals surface area contributed by atoms with Crippen LogP contribution >= 0.6 is 0 Å². The first kappa shape index (κ1) is 21.0. The van der Waals surface area contributed by atoms with Gasteiger partial charge in [-0.25, -0.2) is 4.99 Å². The van der Waals surface area contributed by atoms with Gasteiger partial charge in [0, 0.05) is 38.9 Å². The van der Waals surface area contributed by atoms with Crippen LogP contribution in [0, 0.1) is 0 Å². The first-order chi connectivity index (χ1) is 13.4. The molecule has 1 aromatic heterocycles. The third-order valence-electron chi connectivity index (χ3n) is 5.72. The van der Waals surface area contributed by atoms with E-state index in [4.69, 9.17) is 0 Å². The van der Waals surface area contributed by atoms with Crippen LogP contribution in [-0.4, -0.2) is 70.5 Å². The summed E-state index contributed by atoms with van der Waals surface area (Å²) < 4.78 is 40.9. The van der Waals surface area contributed by atoms with Crippen LogP contribution in [0.1, 0.15) is 51.3 Å². The van der Waals surface area contributed by atoms with E-state index in [-0.39, 0.29) is 0 Å². The van der Waals surface area contributed by atoms with Gasteiger partial charge in [-0.3, -0.25) is 9.58 Å². The van der Waals surface area contributed by atoms with Gasteiger partial charge in [0.2, 0.25) is 0 Å². The minimum Gasteiger partial charge on any atom is -0.357 e. The maximum Gasteiger partial charge on any atom is 0.403 e. The number of nitrogens with zero attached hydrogens (tertiary/aromatic N) is 5. The number of hydrogen-bond acceptors (Lipinski definition) is 3. The molecule has 0 aromatic carbocycles. The highest BCUT2D eigenvalue weighted by Gasteiger charge is 2.41. The molecule has 0 radical (unpaired) electrons. The predicted octanol–water partition coefficient (Wildman–Crippen LogP) is 3.03. The van der Waals surface area contributed by atoms with Crippen molar-refractivity contribution in [2.45, 2.75) is 64.3 Å². The van der Waals surface area contributed by atoms with Crippen molar-refractivity contribution in [3.63, 3.8) is 0 Å². The van der Waals surface area contributed by atoms with Gasteiger partial charge in [-0.2, -0.15) is 18.3 Å². The molecule has 1 unspecified atom stereocenters. The molecule has 158 valence electrons. The van der Waals surface area contributed by atoms with E-state index in [1.807, 2.05) is 24.1 Å². The lowest BCUT2D eigenvalue weighted by Gasteiger charge is -2.39. The number of nitrogens with one attached hydrogen (secondary N) is 1. The Morgan fingerprint density at radius 2 is 1.93 bits per heavy atom. The van der Waals surface area contributed by atoms with E-state index in [1.165, 1.54) is 37.5 Å². The molecule has 2 heterocycles. The van der Waals surface area contributed by atoms with Crippen LogP contribution in [0.2, 0.25) is 0 Å². The molecule has 1 aliphatic carbocycles. The van der Waals surface area contributed by atoms with Crippen molar-refractivity contribution >= 4 is 5.96 Å². The van der Waals surface area contributed by atoms with Crippen molar-refractivity contribution in [3.8, 4) is 0 Å². The molecule has 1 aliphatic heterocycles. The molecule has 9 heteroatoms. The number of halogens is 3. The third kappa shape index (κ3) is 5.18. The monoisotopic (exact) mass is 400 g/mol. The number of hydrogen-bond donors (Lipinski definition) is 1. The average molecular weight is 400 g/mol. The molecule has 3 rings (SSSR count). The van der Waals surface area contributed by atoms with E-state index < -0.39 is 12.2 Å². The number of piperazine rings is 1. The van der Waals surface area contributed by atoms with Crippen LogP contribution < -0.4 is 5.32 Å². The van der Waals surface area contributed by atoms with Crippen molar-refractivity contribution < 1.29 is 13.2 Å². The molecule has 2 fully saturated rings. The molecule has 1 atom stereocenters. The molecular formula is C19H31F3N6. The van der Waals surface area contributed by atoms with Crippen molar-refractivity contribution in [2.24, 2.45) is 4.99 Å². The van der Waals surface area contributed by atoms with E-state index in [2.05, 4.69) is 20.1 Å². The zero-order chi connectivity index (χ0) is 20.1. The summed E-state index contributed by atoms with van der Waals surface area (Å²) in [5.41, 5.74) is 0.923.